The lowest BCUT2D eigenvalue weighted by Crippen LogP contribution is -2.29. The number of hydrogen-bond donors (Lipinski definition) is 0. The van der Waals surface area contributed by atoms with Crippen LogP contribution in [0.15, 0.2) is 114 Å². The minimum Gasteiger partial charge on any atom is -0.340 e. The van der Waals surface area contributed by atoms with E-state index in [-0.39, 0.29) is 12.0 Å². The van der Waals surface area contributed by atoms with Crippen LogP contribution in [0.3, 0.4) is 0 Å². The molecule has 0 spiro atoms. The number of benzene rings is 4. The van der Waals surface area contributed by atoms with Crippen molar-refractivity contribution in [2.45, 2.75) is 12.0 Å². The number of fused-ring (bicyclic) bond motifs is 5. The Morgan fingerprint density at radius 3 is 1.94 bits per heavy atom. The van der Waals surface area contributed by atoms with E-state index in [0.717, 1.165) is 24.5 Å². The second-order valence-corrected chi connectivity index (χ2v) is 9.53. The van der Waals surface area contributed by atoms with Crippen molar-refractivity contribution in [3.8, 4) is 0 Å². The molecule has 2 aliphatic rings. The van der Waals surface area contributed by atoms with Gasteiger partial charge < -0.3 is 9.80 Å². The Morgan fingerprint density at radius 1 is 0.686 bits per heavy atom. The second kappa shape index (κ2) is 9.05. The monoisotopic (exact) mass is 458 g/mol. The third-order valence-corrected chi connectivity index (χ3v) is 7.06. The molecule has 2 aliphatic heterocycles. The minimum absolute atomic E-state index is 0.0642. The number of nitrogens with zero attached hydrogens (tertiary/aromatic N) is 4. The van der Waals surface area contributed by atoms with Crippen LogP contribution in [0, 0.1) is 0 Å². The topological polar surface area (TPSA) is 22.1 Å². The van der Waals surface area contributed by atoms with Crippen molar-refractivity contribution < 1.29 is 0 Å². The fraction of sp³-hybridized carbons (Fsp3) is 0.194. The summed E-state index contributed by atoms with van der Waals surface area (Å²) in [5.41, 5.74) is 8.58. The first kappa shape index (κ1) is 21.6. The van der Waals surface area contributed by atoms with Crippen LogP contribution < -0.4 is 9.91 Å². The lowest BCUT2D eigenvalue weighted by molar-refractivity contribution is 0.418. The molecule has 4 aromatic rings. The molecule has 4 aromatic carbocycles. The highest BCUT2D eigenvalue weighted by molar-refractivity contribution is 6.09. The zero-order chi connectivity index (χ0) is 23.8. The van der Waals surface area contributed by atoms with Gasteiger partial charge in [-0.1, -0.05) is 84.9 Å². The molecule has 174 valence electrons. The van der Waals surface area contributed by atoms with E-state index in [2.05, 4.69) is 138 Å². The lowest BCUT2D eigenvalue weighted by atomic mass is 9.82. The molecule has 0 saturated carbocycles. The third-order valence-electron chi connectivity index (χ3n) is 7.06. The maximum Gasteiger partial charge on any atom is 0.0921 e. The normalized spacial score (nSPS) is 18.5. The molecule has 0 saturated heterocycles. The fourth-order valence-electron chi connectivity index (χ4n) is 5.46. The van der Waals surface area contributed by atoms with Crippen molar-refractivity contribution >= 4 is 22.8 Å². The summed E-state index contributed by atoms with van der Waals surface area (Å²) < 4.78 is 0. The van der Waals surface area contributed by atoms with Gasteiger partial charge in [0.2, 0.25) is 0 Å². The molecule has 4 heteroatoms. The SMILES string of the molecule is CN(C)CCN1c2ccccc2C2C(c3ccccc3)=NN(c3ccccc3)C2c2ccccc21. The molecule has 2 unspecified atom stereocenters. The van der Waals surface area contributed by atoms with Crippen molar-refractivity contribution in [3.05, 3.63) is 126 Å². The average Bonchev–Trinajstić information content (AvgIpc) is 3.25. The molecule has 0 bridgehead atoms. The molecule has 0 fully saturated rings. The van der Waals surface area contributed by atoms with Crippen molar-refractivity contribution in [2.24, 2.45) is 5.10 Å². The summed E-state index contributed by atoms with van der Waals surface area (Å²) in [5, 5.41) is 7.58. The summed E-state index contributed by atoms with van der Waals surface area (Å²) in [6.45, 7) is 1.89. The molecule has 2 atom stereocenters. The zero-order valence-electron chi connectivity index (χ0n) is 20.3. The number of hydrazone groups is 1. The molecular weight excluding hydrogens is 428 g/mol. The molecule has 0 aromatic heterocycles. The zero-order valence-corrected chi connectivity index (χ0v) is 20.3. The summed E-state index contributed by atoms with van der Waals surface area (Å²) in [6.07, 6.45) is 0. The van der Waals surface area contributed by atoms with Crippen molar-refractivity contribution in [2.75, 3.05) is 37.1 Å². The highest BCUT2D eigenvalue weighted by atomic mass is 15.5. The Morgan fingerprint density at radius 2 is 1.26 bits per heavy atom. The van der Waals surface area contributed by atoms with Gasteiger partial charge in [-0.05, 0) is 49.5 Å². The minimum atomic E-state index is 0.0642. The smallest absolute Gasteiger partial charge is 0.0921 e. The quantitative estimate of drug-likeness (QED) is 0.343. The van der Waals surface area contributed by atoms with Gasteiger partial charge in [0.15, 0.2) is 0 Å². The van der Waals surface area contributed by atoms with Crippen LogP contribution in [0.1, 0.15) is 28.7 Å². The van der Waals surface area contributed by atoms with Gasteiger partial charge in [0, 0.05) is 30.0 Å². The van der Waals surface area contributed by atoms with E-state index >= 15 is 0 Å². The predicted molar refractivity (Wildman–Crippen MR) is 146 cm³/mol. The number of para-hydroxylation sites is 3. The molecule has 0 N–H and O–H groups in total. The fourth-order valence-corrected chi connectivity index (χ4v) is 5.46. The van der Waals surface area contributed by atoms with Crippen LogP contribution in [0.4, 0.5) is 17.1 Å². The molecule has 0 aliphatic carbocycles. The van der Waals surface area contributed by atoms with Gasteiger partial charge in [-0.3, -0.25) is 5.01 Å². The van der Waals surface area contributed by atoms with Crippen LogP contribution in [0.2, 0.25) is 0 Å². The predicted octanol–water partition coefficient (Wildman–Crippen LogP) is 6.45. The van der Waals surface area contributed by atoms with Gasteiger partial charge >= 0.3 is 0 Å². The average molecular weight is 459 g/mol. The van der Waals surface area contributed by atoms with Gasteiger partial charge in [-0.25, -0.2) is 0 Å². The molecule has 2 heterocycles. The van der Waals surface area contributed by atoms with E-state index in [0.29, 0.717) is 0 Å². The maximum atomic E-state index is 5.33. The molecule has 0 amide bonds. The van der Waals surface area contributed by atoms with Crippen molar-refractivity contribution in [1.29, 1.82) is 0 Å². The Balaban J connectivity index is 1.62. The van der Waals surface area contributed by atoms with Crippen LogP contribution in [0.5, 0.6) is 0 Å². The van der Waals surface area contributed by atoms with Crippen molar-refractivity contribution in [3.63, 3.8) is 0 Å². The van der Waals surface area contributed by atoms with Crippen molar-refractivity contribution in [1.82, 2.24) is 4.90 Å². The number of likely N-dealkylation sites (N-methyl/N-ethyl adjacent to an activating group) is 1. The van der Waals surface area contributed by atoms with Gasteiger partial charge in [0.05, 0.1) is 23.4 Å². The largest absolute Gasteiger partial charge is 0.340 e. The Hall–Kier alpha value is -3.89. The summed E-state index contributed by atoms with van der Waals surface area (Å²) >= 11 is 0. The summed E-state index contributed by atoms with van der Waals surface area (Å²) in [4.78, 5) is 4.76. The molecular formula is C31H30N4. The van der Waals surface area contributed by atoms with Crippen LogP contribution in [-0.4, -0.2) is 37.8 Å². The van der Waals surface area contributed by atoms with Gasteiger partial charge in [0.1, 0.15) is 0 Å². The van der Waals surface area contributed by atoms with Gasteiger partial charge in [-0.15, -0.1) is 0 Å². The summed E-state index contributed by atoms with van der Waals surface area (Å²) in [7, 11) is 4.28. The highest BCUT2D eigenvalue weighted by Crippen LogP contribution is 2.53. The standard InChI is InChI=1S/C31H30N4/c1-33(2)21-22-34-27-19-11-9-17-25(27)29-30(23-13-5-3-6-14-23)32-35(24-15-7-4-8-16-24)31(29)26-18-10-12-20-28(26)34/h3-20,29,31H,21-22H2,1-2H3. The number of hydrogen-bond acceptors (Lipinski definition) is 4. The van der Waals surface area contributed by atoms with Crippen LogP contribution >= 0.6 is 0 Å². The van der Waals surface area contributed by atoms with Crippen LogP contribution in [-0.2, 0) is 0 Å². The molecule has 4 nitrogen and oxygen atoms in total. The Bertz CT molecular complexity index is 1350. The van der Waals surface area contributed by atoms with E-state index < -0.39 is 0 Å². The molecule has 35 heavy (non-hydrogen) atoms. The molecule has 6 rings (SSSR count). The second-order valence-electron chi connectivity index (χ2n) is 9.53. The van der Waals surface area contributed by atoms with Gasteiger partial charge in [-0.2, -0.15) is 5.10 Å². The number of rotatable bonds is 5. The summed E-state index contributed by atoms with van der Waals surface area (Å²) in [6, 6.07) is 39.1. The highest BCUT2D eigenvalue weighted by Gasteiger charge is 2.45. The van der Waals surface area contributed by atoms with E-state index in [1.165, 1.54) is 28.1 Å². The lowest BCUT2D eigenvalue weighted by Gasteiger charge is -2.30. The molecule has 0 radical (unpaired) electrons. The first-order chi connectivity index (χ1) is 17.2. The van der Waals surface area contributed by atoms with E-state index in [1.54, 1.807) is 0 Å². The van der Waals surface area contributed by atoms with Gasteiger partial charge in [0.25, 0.3) is 0 Å². The third kappa shape index (κ3) is 3.80. The number of anilines is 3. The van der Waals surface area contributed by atoms with E-state index in [1.807, 2.05) is 0 Å². The van der Waals surface area contributed by atoms with E-state index in [9.17, 15) is 0 Å². The Kier molecular flexibility index (Phi) is 5.59. The van der Waals surface area contributed by atoms with E-state index in [4.69, 9.17) is 5.10 Å². The Labute approximate surface area is 207 Å². The first-order valence-corrected chi connectivity index (χ1v) is 12.3. The first-order valence-electron chi connectivity index (χ1n) is 12.3. The maximum absolute atomic E-state index is 5.33. The van der Waals surface area contributed by atoms with Crippen LogP contribution in [0.25, 0.3) is 0 Å². The summed E-state index contributed by atoms with van der Waals surface area (Å²) in [5.74, 6) is 0.110.